The summed E-state index contributed by atoms with van der Waals surface area (Å²) in [6.45, 7) is 14.6. The third-order valence-electron chi connectivity index (χ3n) is 7.35. The zero-order valence-corrected chi connectivity index (χ0v) is 21.4. The van der Waals surface area contributed by atoms with Gasteiger partial charge in [-0.25, -0.2) is 0 Å². The van der Waals surface area contributed by atoms with Crippen molar-refractivity contribution in [1.82, 2.24) is 4.90 Å². The number of benzene rings is 1. The van der Waals surface area contributed by atoms with E-state index in [2.05, 4.69) is 39.2 Å². The Hall–Kier alpha value is -2.82. The van der Waals surface area contributed by atoms with Crippen molar-refractivity contribution in [2.24, 2.45) is 10.8 Å². The molecule has 0 spiro atoms. The minimum atomic E-state index is -0.447. The van der Waals surface area contributed by atoms with Crippen LogP contribution in [0.3, 0.4) is 0 Å². The van der Waals surface area contributed by atoms with Crippen LogP contribution in [0.1, 0.15) is 77.3 Å². The first kappa shape index (κ1) is 24.3. The first-order chi connectivity index (χ1) is 15.9. The Kier molecular flexibility index (Phi) is 6.03. The van der Waals surface area contributed by atoms with E-state index in [1.165, 1.54) is 0 Å². The molecular formula is C29H37NO4. The molecule has 1 N–H and O–H groups in total. The van der Waals surface area contributed by atoms with Crippen molar-refractivity contribution < 1.29 is 19.4 Å². The molecule has 2 aliphatic carbocycles. The number of hydrogen-bond acceptors (Lipinski definition) is 5. The molecule has 1 heterocycles. The van der Waals surface area contributed by atoms with E-state index in [4.69, 9.17) is 4.74 Å². The highest BCUT2D eigenvalue weighted by Crippen LogP contribution is 2.54. The lowest BCUT2D eigenvalue weighted by atomic mass is 9.63. The van der Waals surface area contributed by atoms with E-state index in [9.17, 15) is 14.7 Å². The molecule has 1 aromatic carbocycles. The molecule has 5 heteroatoms. The van der Waals surface area contributed by atoms with Gasteiger partial charge in [0.25, 0.3) is 0 Å². The Morgan fingerprint density at radius 2 is 1.56 bits per heavy atom. The summed E-state index contributed by atoms with van der Waals surface area (Å²) in [7, 11) is 2.01. The zero-order chi connectivity index (χ0) is 25.0. The summed E-state index contributed by atoms with van der Waals surface area (Å²) >= 11 is 0. The number of phenolic OH excluding ortho intramolecular Hbond substituents is 1. The molecule has 1 aromatic rings. The summed E-state index contributed by atoms with van der Waals surface area (Å²) < 4.78 is 5.77. The maximum atomic E-state index is 13.7. The second-order valence-electron chi connectivity index (χ2n) is 11.5. The fourth-order valence-electron chi connectivity index (χ4n) is 5.93. The summed E-state index contributed by atoms with van der Waals surface area (Å²) in [4.78, 5) is 29.4. The van der Waals surface area contributed by atoms with Crippen LogP contribution >= 0.6 is 0 Å². The molecule has 4 rings (SSSR count). The van der Waals surface area contributed by atoms with Crippen LogP contribution in [0, 0.1) is 10.8 Å². The minimum Gasteiger partial charge on any atom is -0.504 e. The standard InChI is InChI=1S/C29H37NO4/c1-8-10-17-11-18(12-23(27(17)33)34-9-2)24-25-19(13-28(3,4)15-21(25)31)30(7)20-14-29(5,6)16-22(32)26(20)24/h8,11-12,24,33H,1,9-10,13-16H2,2-7H3. The van der Waals surface area contributed by atoms with Gasteiger partial charge in [-0.05, 0) is 48.6 Å². The van der Waals surface area contributed by atoms with E-state index in [0.717, 1.165) is 40.9 Å². The number of nitrogens with zero attached hydrogens (tertiary/aromatic N) is 1. The molecule has 0 fully saturated rings. The summed E-state index contributed by atoms with van der Waals surface area (Å²) in [5.41, 5.74) is 4.73. The first-order valence-electron chi connectivity index (χ1n) is 12.2. The molecule has 0 amide bonds. The number of ether oxygens (including phenoxy) is 1. The van der Waals surface area contributed by atoms with Crippen molar-refractivity contribution in [2.45, 2.75) is 72.6 Å². The van der Waals surface area contributed by atoms with Gasteiger partial charge in [0.05, 0.1) is 6.61 Å². The topological polar surface area (TPSA) is 66.8 Å². The Morgan fingerprint density at radius 3 is 2.03 bits per heavy atom. The summed E-state index contributed by atoms with van der Waals surface area (Å²) in [5, 5.41) is 10.8. The number of ketones is 2. The average molecular weight is 464 g/mol. The smallest absolute Gasteiger partial charge is 0.162 e. The third-order valence-corrected chi connectivity index (χ3v) is 7.35. The van der Waals surface area contributed by atoms with E-state index in [1.54, 1.807) is 6.08 Å². The van der Waals surface area contributed by atoms with Gasteiger partial charge in [0.1, 0.15) is 0 Å². The minimum absolute atomic E-state index is 0.0917. The largest absolute Gasteiger partial charge is 0.504 e. The number of carbonyl (C=O) groups is 2. The summed E-state index contributed by atoms with van der Waals surface area (Å²) in [6.07, 6.45) is 4.67. The highest BCUT2D eigenvalue weighted by molar-refractivity contribution is 6.06. The molecule has 0 unspecified atom stereocenters. The SMILES string of the molecule is C=CCc1cc(C2C3=C(CC(C)(C)CC3=O)N(C)C3=C2C(=O)CC(C)(C)C3)cc(OCC)c1O. The fourth-order valence-corrected chi connectivity index (χ4v) is 5.93. The van der Waals surface area contributed by atoms with Gasteiger partial charge in [0.15, 0.2) is 23.1 Å². The number of Topliss-reactive ketones (excluding diaryl/α,β-unsaturated/α-hetero) is 2. The highest BCUT2D eigenvalue weighted by Gasteiger charge is 2.48. The van der Waals surface area contributed by atoms with Gasteiger partial charge in [-0.15, -0.1) is 6.58 Å². The Labute approximate surface area is 203 Å². The van der Waals surface area contributed by atoms with E-state index in [0.29, 0.717) is 37.2 Å². The van der Waals surface area contributed by atoms with Crippen molar-refractivity contribution in [3.63, 3.8) is 0 Å². The number of rotatable bonds is 5. The van der Waals surface area contributed by atoms with Gasteiger partial charge < -0.3 is 14.7 Å². The Bertz CT molecular complexity index is 1080. The van der Waals surface area contributed by atoms with Gasteiger partial charge in [-0.2, -0.15) is 0 Å². The molecular weight excluding hydrogens is 426 g/mol. The van der Waals surface area contributed by atoms with Crippen LogP contribution in [0.5, 0.6) is 11.5 Å². The number of carbonyl (C=O) groups excluding carboxylic acids is 2. The van der Waals surface area contributed by atoms with E-state index >= 15 is 0 Å². The van der Waals surface area contributed by atoms with Gasteiger partial charge in [0.2, 0.25) is 0 Å². The number of aromatic hydroxyl groups is 1. The Morgan fingerprint density at radius 1 is 1.03 bits per heavy atom. The molecule has 0 saturated carbocycles. The van der Waals surface area contributed by atoms with Gasteiger partial charge in [-0.1, -0.05) is 39.8 Å². The molecule has 1 aliphatic heterocycles. The predicted molar refractivity (Wildman–Crippen MR) is 134 cm³/mol. The lowest BCUT2D eigenvalue weighted by Gasteiger charge is -2.48. The molecule has 182 valence electrons. The molecule has 0 saturated heterocycles. The van der Waals surface area contributed by atoms with Crippen LogP contribution < -0.4 is 4.74 Å². The maximum Gasteiger partial charge on any atom is 0.162 e. The van der Waals surface area contributed by atoms with E-state index in [-0.39, 0.29) is 28.1 Å². The van der Waals surface area contributed by atoms with Crippen molar-refractivity contribution in [1.29, 1.82) is 0 Å². The van der Waals surface area contributed by atoms with Crippen molar-refractivity contribution >= 4 is 11.6 Å². The van der Waals surface area contributed by atoms with Crippen LogP contribution in [0.2, 0.25) is 0 Å². The molecule has 5 nitrogen and oxygen atoms in total. The molecule has 3 aliphatic rings. The Balaban J connectivity index is 2.00. The lowest BCUT2D eigenvalue weighted by molar-refractivity contribution is -0.119. The molecule has 0 radical (unpaired) electrons. The fraction of sp³-hybridized carbons (Fsp3) is 0.517. The van der Waals surface area contributed by atoms with Crippen molar-refractivity contribution in [3.05, 3.63) is 58.5 Å². The van der Waals surface area contributed by atoms with Crippen LogP contribution in [-0.4, -0.2) is 35.2 Å². The quantitative estimate of drug-likeness (QED) is 0.556. The predicted octanol–water partition coefficient (Wildman–Crippen LogP) is 5.83. The second-order valence-corrected chi connectivity index (χ2v) is 11.5. The number of hydrogen-bond donors (Lipinski definition) is 1. The van der Waals surface area contributed by atoms with Crippen molar-refractivity contribution in [3.8, 4) is 11.5 Å². The van der Waals surface area contributed by atoms with Crippen LogP contribution in [-0.2, 0) is 16.0 Å². The molecule has 34 heavy (non-hydrogen) atoms. The lowest BCUT2D eigenvalue weighted by Crippen LogP contribution is -2.43. The van der Waals surface area contributed by atoms with Gasteiger partial charge in [0, 0.05) is 53.9 Å². The third kappa shape index (κ3) is 4.10. The molecule has 0 aromatic heterocycles. The van der Waals surface area contributed by atoms with E-state index < -0.39 is 5.92 Å². The van der Waals surface area contributed by atoms with Crippen LogP contribution in [0.25, 0.3) is 0 Å². The first-order valence-corrected chi connectivity index (χ1v) is 12.2. The normalized spacial score (nSPS) is 22.0. The zero-order valence-electron chi connectivity index (χ0n) is 21.4. The second kappa shape index (κ2) is 8.44. The maximum absolute atomic E-state index is 13.7. The highest BCUT2D eigenvalue weighted by atomic mass is 16.5. The molecule has 0 atom stereocenters. The van der Waals surface area contributed by atoms with Crippen LogP contribution in [0.15, 0.2) is 47.3 Å². The van der Waals surface area contributed by atoms with Gasteiger partial charge >= 0.3 is 0 Å². The average Bonchev–Trinajstić information content (AvgIpc) is 2.71. The molecule has 0 bridgehead atoms. The van der Waals surface area contributed by atoms with Crippen LogP contribution in [0.4, 0.5) is 0 Å². The van der Waals surface area contributed by atoms with Crippen molar-refractivity contribution in [2.75, 3.05) is 13.7 Å². The summed E-state index contributed by atoms with van der Waals surface area (Å²) in [5.74, 6) is 0.227. The number of phenols is 1. The monoisotopic (exact) mass is 463 g/mol. The summed E-state index contributed by atoms with van der Waals surface area (Å²) in [6, 6.07) is 3.74. The number of allylic oxidation sites excluding steroid dienone is 5. The van der Waals surface area contributed by atoms with Gasteiger partial charge in [-0.3, -0.25) is 9.59 Å². The van der Waals surface area contributed by atoms with E-state index in [1.807, 2.05) is 26.1 Å².